The van der Waals surface area contributed by atoms with Crippen LogP contribution in [0.1, 0.15) is 18.4 Å². The van der Waals surface area contributed by atoms with Gasteiger partial charge in [-0.15, -0.1) is 24.0 Å². The molecule has 1 aromatic carbocycles. The first-order chi connectivity index (χ1) is 13.7. The third-order valence-electron chi connectivity index (χ3n) is 4.37. The maximum Gasteiger partial charge on any atom is 0.387 e. The van der Waals surface area contributed by atoms with Crippen molar-refractivity contribution < 1.29 is 26.7 Å². The normalized spacial score (nSPS) is 17.9. The predicted molar refractivity (Wildman–Crippen MR) is 121 cm³/mol. The highest BCUT2D eigenvalue weighted by atomic mass is 127. The number of halogens is 3. The minimum Gasteiger partial charge on any atom is -0.435 e. The minimum atomic E-state index is -3.03. The molecule has 30 heavy (non-hydrogen) atoms. The molecule has 2 rings (SSSR count). The fourth-order valence-corrected chi connectivity index (χ4v) is 4.68. The van der Waals surface area contributed by atoms with Crippen molar-refractivity contribution in [3.05, 3.63) is 29.8 Å². The molecule has 0 radical (unpaired) electrons. The Bertz CT molecular complexity index is 822. The third kappa shape index (κ3) is 8.98. The van der Waals surface area contributed by atoms with E-state index in [1.807, 2.05) is 11.9 Å². The summed E-state index contributed by atoms with van der Waals surface area (Å²) in [7, 11) is 0.391. The average Bonchev–Trinajstić information content (AvgIpc) is 2.98. The zero-order valence-corrected chi connectivity index (χ0v) is 20.0. The van der Waals surface area contributed by atoms with Crippen LogP contribution in [-0.2, 0) is 21.2 Å². The number of hydrogen-bond donors (Lipinski definition) is 2. The zero-order valence-electron chi connectivity index (χ0n) is 16.8. The highest BCUT2D eigenvalue weighted by molar-refractivity contribution is 14.0. The number of amides is 1. The Morgan fingerprint density at radius 3 is 2.53 bits per heavy atom. The molecule has 1 fully saturated rings. The Labute approximate surface area is 192 Å². The summed E-state index contributed by atoms with van der Waals surface area (Å²) in [4.78, 5) is 18.0. The number of hydrogen-bond acceptors (Lipinski definition) is 5. The van der Waals surface area contributed by atoms with Gasteiger partial charge in [0, 0.05) is 39.6 Å². The highest BCUT2D eigenvalue weighted by Gasteiger charge is 2.28. The molecule has 0 aromatic heterocycles. The second-order valence-corrected chi connectivity index (χ2v) is 9.00. The lowest BCUT2D eigenvalue weighted by Gasteiger charge is -2.22. The smallest absolute Gasteiger partial charge is 0.387 e. The molecule has 2 N–H and O–H groups in total. The molecule has 1 aromatic rings. The van der Waals surface area contributed by atoms with Gasteiger partial charge in [-0.1, -0.05) is 12.1 Å². The number of rotatable bonds is 8. The molecule has 0 bridgehead atoms. The molecular weight excluding hydrogens is 533 g/mol. The van der Waals surface area contributed by atoms with Crippen molar-refractivity contribution in [2.75, 3.05) is 32.1 Å². The van der Waals surface area contributed by atoms with E-state index in [0.717, 1.165) is 5.56 Å². The van der Waals surface area contributed by atoms with E-state index >= 15 is 0 Å². The number of carbonyl (C=O) groups is 1. The molecule has 8 nitrogen and oxygen atoms in total. The van der Waals surface area contributed by atoms with Crippen LogP contribution in [0.3, 0.4) is 0 Å². The predicted octanol–water partition coefficient (Wildman–Crippen LogP) is 1.61. The van der Waals surface area contributed by atoms with Gasteiger partial charge in [0.1, 0.15) is 5.75 Å². The maximum absolute atomic E-state index is 12.2. The molecule has 170 valence electrons. The quantitative estimate of drug-likeness (QED) is 0.285. The van der Waals surface area contributed by atoms with Crippen molar-refractivity contribution in [1.82, 2.24) is 15.5 Å². The molecule has 1 amide bonds. The number of nitrogens with zero attached hydrogens (tertiary/aromatic N) is 2. The lowest BCUT2D eigenvalue weighted by molar-refractivity contribution is -0.121. The van der Waals surface area contributed by atoms with Gasteiger partial charge in [0.05, 0.1) is 11.5 Å². The van der Waals surface area contributed by atoms with Gasteiger partial charge in [-0.3, -0.25) is 9.79 Å². The summed E-state index contributed by atoms with van der Waals surface area (Å²) in [6.45, 7) is -2.05. The number of aliphatic imine (C=N–C) groups is 1. The lowest BCUT2D eigenvalue weighted by Crippen LogP contribution is -2.41. The second kappa shape index (κ2) is 12.2. The SMILES string of the molecule is CN=C(NCCC(=O)NC1CCS(=O)(=O)C1)N(C)Cc1ccc(OC(F)F)cc1.I. The van der Waals surface area contributed by atoms with Crippen LogP contribution in [0.2, 0.25) is 0 Å². The summed E-state index contributed by atoms with van der Waals surface area (Å²) in [5.74, 6) is 0.553. The van der Waals surface area contributed by atoms with E-state index in [1.54, 1.807) is 19.2 Å². The van der Waals surface area contributed by atoms with Crippen LogP contribution in [0.15, 0.2) is 29.3 Å². The van der Waals surface area contributed by atoms with Crippen molar-refractivity contribution in [3.63, 3.8) is 0 Å². The van der Waals surface area contributed by atoms with Gasteiger partial charge >= 0.3 is 6.61 Å². The van der Waals surface area contributed by atoms with Gasteiger partial charge in [0.25, 0.3) is 0 Å². The summed E-state index contributed by atoms with van der Waals surface area (Å²) in [5.41, 5.74) is 0.872. The first-order valence-electron chi connectivity index (χ1n) is 9.14. The fourth-order valence-electron chi connectivity index (χ4n) is 3.01. The first-order valence-corrected chi connectivity index (χ1v) is 11.0. The Kier molecular flexibility index (Phi) is 10.7. The number of carbonyl (C=O) groups excluding carboxylic acids is 1. The van der Waals surface area contributed by atoms with Crippen LogP contribution in [0.25, 0.3) is 0 Å². The Balaban J connectivity index is 0.00000450. The van der Waals surface area contributed by atoms with E-state index in [1.165, 1.54) is 12.1 Å². The van der Waals surface area contributed by atoms with Crippen molar-refractivity contribution in [1.29, 1.82) is 0 Å². The van der Waals surface area contributed by atoms with E-state index in [4.69, 9.17) is 0 Å². The van der Waals surface area contributed by atoms with Gasteiger partial charge < -0.3 is 20.3 Å². The molecule has 1 heterocycles. The molecular formula is C18H27F2IN4O4S. The average molecular weight is 560 g/mol. The zero-order chi connectivity index (χ0) is 21.4. The van der Waals surface area contributed by atoms with E-state index in [0.29, 0.717) is 25.5 Å². The van der Waals surface area contributed by atoms with Crippen LogP contribution in [0.4, 0.5) is 8.78 Å². The van der Waals surface area contributed by atoms with Gasteiger partial charge in [-0.25, -0.2) is 8.42 Å². The summed E-state index contributed by atoms with van der Waals surface area (Å²) in [6, 6.07) is 6.00. The first kappa shape index (κ1) is 26.3. The van der Waals surface area contributed by atoms with Gasteiger partial charge in [-0.2, -0.15) is 8.78 Å². The lowest BCUT2D eigenvalue weighted by atomic mass is 10.2. The van der Waals surface area contributed by atoms with Crippen molar-refractivity contribution in [2.24, 2.45) is 4.99 Å². The number of guanidine groups is 1. The van der Waals surface area contributed by atoms with Crippen LogP contribution in [-0.4, -0.2) is 70.0 Å². The maximum atomic E-state index is 12.2. The summed E-state index contributed by atoms with van der Waals surface area (Å²) < 4.78 is 51.6. The van der Waals surface area contributed by atoms with Gasteiger partial charge in [-0.05, 0) is 24.1 Å². The molecule has 1 aliphatic rings. The van der Waals surface area contributed by atoms with Gasteiger partial charge in [0.2, 0.25) is 5.91 Å². The summed E-state index contributed by atoms with van der Waals surface area (Å²) in [5, 5.41) is 5.81. The van der Waals surface area contributed by atoms with E-state index < -0.39 is 16.4 Å². The fraction of sp³-hybridized carbons (Fsp3) is 0.556. The highest BCUT2D eigenvalue weighted by Crippen LogP contribution is 2.16. The second-order valence-electron chi connectivity index (χ2n) is 6.77. The van der Waals surface area contributed by atoms with E-state index in [9.17, 15) is 22.0 Å². The van der Waals surface area contributed by atoms with Crippen molar-refractivity contribution in [2.45, 2.75) is 32.0 Å². The number of nitrogens with one attached hydrogen (secondary N) is 2. The standard InChI is InChI=1S/C18H26F2N4O4S.HI/c1-21-18(22-9-7-16(25)23-14-8-10-29(26,27)12-14)24(2)11-13-3-5-15(6-4-13)28-17(19)20;/h3-6,14,17H,7-12H2,1-2H3,(H,21,22)(H,23,25);1H. The molecule has 0 spiro atoms. The molecule has 1 atom stereocenters. The van der Waals surface area contributed by atoms with Crippen molar-refractivity contribution >= 4 is 45.7 Å². The summed E-state index contributed by atoms with van der Waals surface area (Å²) in [6.07, 6.45) is 0.635. The molecule has 1 saturated heterocycles. The monoisotopic (exact) mass is 560 g/mol. The largest absolute Gasteiger partial charge is 0.435 e. The Morgan fingerprint density at radius 1 is 1.33 bits per heavy atom. The molecule has 12 heteroatoms. The third-order valence-corrected chi connectivity index (χ3v) is 6.14. The number of benzene rings is 1. The molecule has 0 saturated carbocycles. The number of alkyl halides is 2. The van der Waals surface area contributed by atoms with Crippen molar-refractivity contribution in [3.8, 4) is 5.75 Å². The van der Waals surface area contributed by atoms with Crippen LogP contribution in [0.5, 0.6) is 5.75 Å². The number of sulfone groups is 1. The van der Waals surface area contributed by atoms with Crippen LogP contribution in [0, 0.1) is 0 Å². The molecule has 1 aliphatic heterocycles. The van der Waals surface area contributed by atoms with Crippen LogP contribution >= 0.6 is 24.0 Å². The van der Waals surface area contributed by atoms with E-state index in [-0.39, 0.29) is 59.6 Å². The number of ether oxygens (including phenoxy) is 1. The topological polar surface area (TPSA) is 100 Å². The molecule has 1 unspecified atom stereocenters. The molecule has 0 aliphatic carbocycles. The van der Waals surface area contributed by atoms with Crippen LogP contribution < -0.4 is 15.4 Å². The van der Waals surface area contributed by atoms with Gasteiger partial charge in [0.15, 0.2) is 15.8 Å². The summed E-state index contributed by atoms with van der Waals surface area (Å²) >= 11 is 0. The minimum absolute atomic E-state index is 0. The van der Waals surface area contributed by atoms with E-state index in [2.05, 4.69) is 20.4 Å². The Morgan fingerprint density at radius 2 is 2.00 bits per heavy atom. The Hall–Kier alpha value is -1.70.